The third-order valence-electron chi connectivity index (χ3n) is 4.83. The number of rotatable bonds is 4. The number of hydrogen-bond acceptors (Lipinski definition) is 6. The molecule has 8 heteroatoms. The first-order valence-corrected chi connectivity index (χ1v) is 10.4. The maximum Gasteiger partial charge on any atom is 0.238 e. The number of anilines is 1. The minimum absolute atomic E-state index is 0.0199. The molecule has 0 spiro atoms. The average Bonchev–Trinajstić information content (AvgIpc) is 3.13. The highest BCUT2D eigenvalue weighted by molar-refractivity contribution is 7.89. The van der Waals surface area contributed by atoms with Gasteiger partial charge in [0.15, 0.2) is 0 Å². The van der Waals surface area contributed by atoms with Gasteiger partial charge in [-0.25, -0.2) is 13.6 Å². The van der Waals surface area contributed by atoms with Gasteiger partial charge in [0.05, 0.1) is 22.3 Å². The minimum Gasteiger partial charge on any atom is -0.508 e. The molecule has 29 heavy (non-hydrogen) atoms. The van der Waals surface area contributed by atoms with Crippen molar-refractivity contribution in [2.45, 2.75) is 17.4 Å². The van der Waals surface area contributed by atoms with E-state index < -0.39 is 10.0 Å². The molecule has 1 heterocycles. The van der Waals surface area contributed by atoms with Crippen LogP contribution in [0.25, 0.3) is 0 Å². The lowest BCUT2D eigenvalue weighted by Crippen LogP contribution is -2.19. The van der Waals surface area contributed by atoms with E-state index in [1.54, 1.807) is 47.5 Å². The van der Waals surface area contributed by atoms with Crippen LogP contribution in [0.1, 0.15) is 23.6 Å². The Hall–Kier alpha value is -3.36. The molecule has 0 fully saturated rings. The lowest BCUT2D eigenvalue weighted by atomic mass is 9.97. The lowest BCUT2D eigenvalue weighted by Gasteiger charge is -2.24. The molecule has 0 saturated heterocycles. The summed E-state index contributed by atoms with van der Waals surface area (Å²) in [5.41, 5.74) is 2.95. The van der Waals surface area contributed by atoms with Gasteiger partial charge in [-0.1, -0.05) is 24.3 Å². The van der Waals surface area contributed by atoms with Crippen LogP contribution in [-0.4, -0.2) is 24.3 Å². The average molecular weight is 409 g/mol. The number of hydrogen-bond donors (Lipinski definition) is 3. The summed E-state index contributed by atoms with van der Waals surface area (Å²) < 4.78 is 23.1. The number of aromatic hydroxyl groups is 2. The first kappa shape index (κ1) is 19.0. The zero-order valence-corrected chi connectivity index (χ0v) is 16.1. The van der Waals surface area contributed by atoms with Crippen molar-refractivity contribution in [3.8, 4) is 11.5 Å². The number of sulfonamides is 1. The first-order chi connectivity index (χ1) is 13.8. The lowest BCUT2D eigenvalue weighted by molar-refractivity contribution is 0.474. The monoisotopic (exact) mass is 409 g/mol. The van der Waals surface area contributed by atoms with E-state index in [0.29, 0.717) is 23.4 Å². The van der Waals surface area contributed by atoms with Gasteiger partial charge >= 0.3 is 0 Å². The molecule has 0 bridgehead atoms. The predicted molar refractivity (Wildman–Crippen MR) is 110 cm³/mol. The van der Waals surface area contributed by atoms with Crippen molar-refractivity contribution in [1.82, 2.24) is 0 Å². The summed E-state index contributed by atoms with van der Waals surface area (Å²) in [7, 11) is -3.79. The van der Waals surface area contributed by atoms with E-state index in [-0.39, 0.29) is 22.4 Å². The highest BCUT2D eigenvalue weighted by atomic mass is 32.2. The summed E-state index contributed by atoms with van der Waals surface area (Å²) in [6.45, 7) is 0. The van der Waals surface area contributed by atoms with Gasteiger partial charge in [0.2, 0.25) is 10.0 Å². The SMILES string of the molecule is NS(=O)(=O)c1ccc(N2N=C(c3ccccc3O)CC2c2ccc(O)cc2)cc1. The quantitative estimate of drug-likeness (QED) is 0.612. The fraction of sp³-hybridized carbons (Fsp3) is 0.0952. The highest BCUT2D eigenvalue weighted by Crippen LogP contribution is 2.38. The molecule has 0 radical (unpaired) electrons. The molecular weight excluding hydrogens is 390 g/mol. The van der Waals surface area contributed by atoms with Gasteiger partial charge in [0, 0.05) is 12.0 Å². The fourth-order valence-electron chi connectivity index (χ4n) is 3.37. The minimum atomic E-state index is -3.79. The summed E-state index contributed by atoms with van der Waals surface area (Å²) in [5, 5.41) is 31.5. The van der Waals surface area contributed by atoms with Crippen molar-refractivity contribution in [3.63, 3.8) is 0 Å². The van der Waals surface area contributed by atoms with E-state index in [2.05, 4.69) is 0 Å². The third kappa shape index (κ3) is 3.80. The molecule has 1 aliphatic heterocycles. The zero-order chi connectivity index (χ0) is 20.6. The molecule has 1 unspecified atom stereocenters. The van der Waals surface area contributed by atoms with Crippen LogP contribution in [-0.2, 0) is 10.0 Å². The first-order valence-electron chi connectivity index (χ1n) is 8.90. The maximum absolute atomic E-state index is 11.5. The van der Waals surface area contributed by atoms with Crippen LogP contribution < -0.4 is 10.1 Å². The second-order valence-corrected chi connectivity index (χ2v) is 8.32. The van der Waals surface area contributed by atoms with Crippen LogP contribution in [0.15, 0.2) is 82.8 Å². The van der Waals surface area contributed by atoms with Crippen LogP contribution in [0.4, 0.5) is 5.69 Å². The summed E-state index contributed by atoms with van der Waals surface area (Å²) in [5.74, 6) is 0.305. The van der Waals surface area contributed by atoms with E-state index >= 15 is 0 Å². The van der Waals surface area contributed by atoms with Crippen molar-refractivity contribution in [2.24, 2.45) is 10.2 Å². The molecule has 4 N–H and O–H groups in total. The fourth-order valence-corrected chi connectivity index (χ4v) is 3.89. The van der Waals surface area contributed by atoms with Gasteiger partial charge < -0.3 is 10.2 Å². The zero-order valence-electron chi connectivity index (χ0n) is 15.3. The maximum atomic E-state index is 11.5. The molecule has 4 rings (SSSR count). The number of nitrogens with zero attached hydrogens (tertiary/aromatic N) is 2. The molecular formula is C21H19N3O4S. The molecule has 1 aliphatic rings. The van der Waals surface area contributed by atoms with E-state index in [4.69, 9.17) is 10.2 Å². The van der Waals surface area contributed by atoms with Crippen molar-refractivity contribution in [1.29, 1.82) is 0 Å². The standard InChI is InChI=1S/C21H19N3O4S/c22-29(27,28)17-11-7-15(8-12-17)24-20(14-5-9-16(25)10-6-14)13-19(23-24)18-3-1-2-4-21(18)26/h1-12,20,25-26H,13H2,(H2,22,27,28). The Morgan fingerprint density at radius 3 is 2.21 bits per heavy atom. The van der Waals surface area contributed by atoms with Gasteiger partial charge in [0.1, 0.15) is 11.5 Å². The van der Waals surface area contributed by atoms with Gasteiger partial charge in [-0.05, 0) is 54.1 Å². The predicted octanol–water partition coefficient (Wildman–Crippen LogP) is 3.10. The smallest absolute Gasteiger partial charge is 0.238 e. The highest BCUT2D eigenvalue weighted by Gasteiger charge is 2.31. The third-order valence-corrected chi connectivity index (χ3v) is 5.76. The molecule has 3 aromatic rings. The molecule has 3 aromatic carbocycles. The van der Waals surface area contributed by atoms with Crippen molar-refractivity contribution in [3.05, 3.63) is 83.9 Å². The van der Waals surface area contributed by atoms with Crippen molar-refractivity contribution >= 4 is 21.4 Å². The molecule has 0 aromatic heterocycles. The summed E-state index contributed by atoms with van der Waals surface area (Å²) in [6, 6.07) is 19.8. The van der Waals surface area contributed by atoms with E-state index in [0.717, 1.165) is 5.56 Å². The molecule has 148 valence electrons. The van der Waals surface area contributed by atoms with Crippen molar-refractivity contribution < 1.29 is 18.6 Å². The molecule has 1 atom stereocenters. The number of phenolic OH excluding ortho intramolecular Hbond substituents is 2. The van der Waals surface area contributed by atoms with Crippen LogP contribution in [0.2, 0.25) is 0 Å². The molecule has 0 aliphatic carbocycles. The van der Waals surface area contributed by atoms with Gasteiger partial charge in [-0.2, -0.15) is 5.10 Å². The topological polar surface area (TPSA) is 116 Å². The molecule has 0 amide bonds. The molecule has 0 saturated carbocycles. The largest absolute Gasteiger partial charge is 0.508 e. The number of phenols is 2. The van der Waals surface area contributed by atoms with E-state index in [1.165, 1.54) is 12.1 Å². The van der Waals surface area contributed by atoms with Crippen LogP contribution in [0, 0.1) is 0 Å². The van der Waals surface area contributed by atoms with E-state index in [1.807, 2.05) is 18.2 Å². The number of hydrazone groups is 1. The van der Waals surface area contributed by atoms with Crippen LogP contribution in [0.3, 0.4) is 0 Å². The Morgan fingerprint density at radius 1 is 0.931 bits per heavy atom. The normalized spacial score (nSPS) is 16.7. The number of nitrogens with two attached hydrogens (primary N) is 1. The van der Waals surface area contributed by atoms with Crippen LogP contribution in [0.5, 0.6) is 11.5 Å². The Balaban J connectivity index is 1.77. The summed E-state index contributed by atoms with van der Waals surface area (Å²) in [4.78, 5) is 0.0199. The Morgan fingerprint density at radius 2 is 1.59 bits per heavy atom. The second kappa shape index (κ2) is 7.23. The van der Waals surface area contributed by atoms with Gasteiger partial charge in [0.25, 0.3) is 0 Å². The number of primary sulfonamides is 1. The van der Waals surface area contributed by atoms with Crippen molar-refractivity contribution in [2.75, 3.05) is 5.01 Å². The van der Waals surface area contributed by atoms with Gasteiger partial charge in [-0.15, -0.1) is 0 Å². The summed E-state index contributed by atoms with van der Waals surface area (Å²) in [6.07, 6.45) is 0.527. The second-order valence-electron chi connectivity index (χ2n) is 6.76. The molecule has 7 nitrogen and oxygen atoms in total. The van der Waals surface area contributed by atoms with E-state index in [9.17, 15) is 18.6 Å². The van der Waals surface area contributed by atoms with Gasteiger partial charge in [-0.3, -0.25) is 5.01 Å². The number of benzene rings is 3. The van der Waals surface area contributed by atoms with Crippen LogP contribution >= 0.6 is 0 Å². The summed E-state index contributed by atoms with van der Waals surface area (Å²) >= 11 is 0. The Kier molecular flexibility index (Phi) is 4.73. The Labute approximate surface area is 168 Å². The Bertz CT molecular complexity index is 1170. The number of para-hydroxylation sites is 1.